The third kappa shape index (κ3) is 2.84. The minimum atomic E-state index is -3.39. The maximum Gasteiger partial charge on any atom is 0.275 e. The summed E-state index contributed by atoms with van der Waals surface area (Å²) in [6, 6.07) is 14.9. The van der Waals surface area contributed by atoms with Crippen molar-refractivity contribution in [2.24, 2.45) is 5.10 Å². The number of allylic oxidation sites excluding steroid dienone is 1. The summed E-state index contributed by atoms with van der Waals surface area (Å²) in [5, 5.41) is 8.30. The van der Waals surface area contributed by atoms with Crippen LogP contribution in [0.3, 0.4) is 0 Å². The molecule has 0 fully saturated rings. The van der Waals surface area contributed by atoms with E-state index in [-0.39, 0.29) is 11.7 Å². The van der Waals surface area contributed by atoms with Crippen LogP contribution in [-0.4, -0.2) is 29.8 Å². The molecule has 8 heteroatoms. The number of amides is 1. The van der Waals surface area contributed by atoms with Crippen LogP contribution in [0.4, 0.5) is 5.69 Å². The number of hydrogen-bond acceptors (Lipinski definition) is 5. The van der Waals surface area contributed by atoms with E-state index in [9.17, 15) is 13.2 Å². The van der Waals surface area contributed by atoms with Gasteiger partial charge in [0, 0.05) is 22.8 Å². The van der Waals surface area contributed by atoms with Gasteiger partial charge in [0.1, 0.15) is 5.71 Å². The van der Waals surface area contributed by atoms with Crippen molar-refractivity contribution in [2.75, 3.05) is 11.1 Å². The lowest BCUT2D eigenvalue weighted by atomic mass is 9.97. The Morgan fingerprint density at radius 1 is 1.07 bits per heavy atom. The Bertz CT molecular complexity index is 1410. The predicted molar refractivity (Wildman–Crippen MR) is 118 cm³/mol. The number of carbonyl (C=O) groups is 1. The van der Waals surface area contributed by atoms with E-state index in [1.807, 2.05) is 42.5 Å². The highest BCUT2D eigenvalue weighted by molar-refractivity contribution is 7.90. The average Bonchev–Trinajstić information content (AvgIpc) is 3.36. The average molecular weight is 418 g/mol. The van der Waals surface area contributed by atoms with Crippen molar-refractivity contribution in [1.29, 1.82) is 0 Å². The van der Waals surface area contributed by atoms with E-state index >= 15 is 0 Å². The molecular formula is C22H18N4O3S. The Hall–Kier alpha value is -3.65. The van der Waals surface area contributed by atoms with Gasteiger partial charge >= 0.3 is 0 Å². The van der Waals surface area contributed by atoms with E-state index in [4.69, 9.17) is 0 Å². The molecule has 0 bridgehead atoms. The van der Waals surface area contributed by atoms with Crippen LogP contribution in [0.2, 0.25) is 0 Å². The lowest BCUT2D eigenvalue weighted by molar-refractivity contribution is -0.116. The summed E-state index contributed by atoms with van der Waals surface area (Å²) < 4.78 is 25.8. The van der Waals surface area contributed by atoms with Gasteiger partial charge in [-0.15, -0.1) is 0 Å². The Labute approximate surface area is 173 Å². The van der Waals surface area contributed by atoms with Crippen molar-refractivity contribution in [3.63, 3.8) is 0 Å². The van der Waals surface area contributed by atoms with Crippen LogP contribution in [0.15, 0.2) is 77.2 Å². The van der Waals surface area contributed by atoms with Crippen LogP contribution in [0.25, 0.3) is 17.0 Å². The molecule has 0 aliphatic carbocycles. The molecule has 0 saturated heterocycles. The molecule has 0 atom stereocenters. The number of nitrogens with zero attached hydrogens (tertiary/aromatic N) is 2. The van der Waals surface area contributed by atoms with E-state index in [1.54, 1.807) is 31.3 Å². The molecule has 2 N–H and O–H groups in total. The maximum atomic E-state index is 12.6. The van der Waals surface area contributed by atoms with Gasteiger partial charge in [-0.3, -0.25) is 4.79 Å². The number of fused-ring (bicyclic) bond motifs is 2. The Morgan fingerprint density at radius 2 is 1.90 bits per heavy atom. The smallest absolute Gasteiger partial charge is 0.275 e. The molecule has 0 spiro atoms. The SMILES string of the molecule is CCS(=O)(=O)n1ccc2cc(C3=NNC(=O)C3=C3C=Cc4ccccc4N3)ccc21. The molecule has 3 heterocycles. The number of carbonyl (C=O) groups excluding carboxylic acids is 1. The molecule has 5 rings (SSSR count). The van der Waals surface area contributed by atoms with Gasteiger partial charge in [0.15, 0.2) is 0 Å². The third-order valence-corrected chi connectivity index (χ3v) is 6.90. The summed E-state index contributed by atoms with van der Waals surface area (Å²) in [5.41, 5.74) is 7.44. The van der Waals surface area contributed by atoms with Crippen LogP contribution in [-0.2, 0) is 14.8 Å². The first-order valence-electron chi connectivity index (χ1n) is 9.49. The van der Waals surface area contributed by atoms with E-state index < -0.39 is 10.0 Å². The molecule has 7 nitrogen and oxygen atoms in total. The Balaban J connectivity index is 1.59. The molecule has 3 aromatic rings. The second kappa shape index (κ2) is 6.70. The molecule has 2 aliphatic heterocycles. The van der Waals surface area contributed by atoms with E-state index in [2.05, 4.69) is 15.8 Å². The number of anilines is 1. The fourth-order valence-corrected chi connectivity index (χ4v) is 4.68. The van der Waals surface area contributed by atoms with Gasteiger partial charge in [0.2, 0.25) is 10.0 Å². The molecular weight excluding hydrogens is 400 g/mol. The van der Waals surface area contributed by atoms with Crippen molar-refractivity contribution in [3.05, 3.63) is 83.2 Å². The van der Waals surface area contributed by atoms with Crippen molar-refractivity contribution in [1.82, 2.24) is 9.40 Å². The maximum absolute atomic E-state index is 12.6. The number of rotatable bonds is 3. The zero-order chi connectivity index (χ0) is 20.9. The monoisotopic (exact) mass is 418 g/mol. The minimum Gasteiger partial charge on any atom is -0.354 e. The van der Waals surface area contributed by atoms with E-state index in [1.165, 1.54) is 3.97 Å². The second-order valence-electron chi connectivity index (χ2n) is 7.02. The molecule has 1 amide bonds. The number of para-hydroxylation sites is 1. The zero-order valence-electron chi connectivity index (χ0n) is 16.1. The molecule has 30 heavy (non-hydrogen) atoms. The van der Waals surface area contributed by atoms with Gasteiger partial charge in [-0.05, 0) is 42.8 Å². The van der Waals surface area contributed by atoms with Crippen molar-refractivity contribution in [2.45, 2.75) is 6.92 Å². The van der Waals surface area contributed by atoms with Gasteiger partial charge < -0.3 is 5.32 Å². The molecule has 150 valence electrons. The highest BCUT2D eigenvalue weighted by atomic mass is 32.2. The van der Waals surface area contributed by atoms with Crippen molar-refractivity contribution < 1.29 is 13.2 Å². The Morgan fingerprint density at radius 3 is 2.73 bits per heavy atom. The fraction of sp³-hybridized carbons (Fsp3) is 0.0909. The molecule has 1 aromatic heterocycles. The van der Waals surface area contributed by atoms with Gasteiger partial charge in [0.05, 0.1) is 22.5 Å². The largest absolute Gasteiger partial charge is 0.354 e. The third-order valence-electron chi connectivity index (χ3n) is 5.25. The molecule has 0 radical (unpaired) electrons. The molecule has 0 unspecified atom stereocenters. The van der Waals surface area contributed by atoms with Crippen LogP contribution in [0.1, 0.15) is 18.1 Å². The van der Waals surface area contributed by atoms with Gasteiger partial charge in [-0.2, -0.15) is 5.10 Å². The molecule has 0 saturated carbocycles. The van der Waals surface area contributed by atoms with Crippen molar-refractivity contribution >= 4 is 44.3 Å². The highest BCUT2D eigenvalue weighted by Crippen LogP contribution is 2.29. The first-order valence-corrected chi connectivity index (χ1v) is 11.1. The number of hydrogen-bond donors (Lipinski definition) is 2. The van der Waals surface area contributed by atoms with Gasteiger partial charge in [-0.1, -0.05) is 30.3 Å². The fourth-order valence-electron chi connectivity index (χ4n) is 3.69. The van der Waals surface area contributed by atoms with Crippen LogP contribution < -0.4 is 10.7 Å². The van der Waals surface area contributed by atoms with Gasteiger partial charge in [0.25, 0.3) is 5.91 Å². The number of hydrazone groups is 1. The normalized spacial score (nSPS) is 18.2. The van der Waals surface area contributed by atoms with E-state index in [0.29, 0.717) is 22.5 Å². The quantitative estimate of drug-likeness (QED) is 0.640. The topological polar surface area (TPSA) is 92.6 Å². The lowest BCUT2D eigenvalue weighted by Gasteiger charge is -2.17. The zero-order valence-corrected chi connectivity index (χ0v) is 16.9. The first kappa shape index (κ1) is 18.4. The second-order valence-corrected chi connectivity index (χ2v) is 9.16. The summed E-state index contributed by atoms with van der Waals surface area (Å²) in [5.74, 6) is -0.276. The first-order chi connectivity index (χ1) is 14.5. The summed E-state index contributed by atoms with van der Waals surface area (Å²) in [4.78, 5) is 12.6. The number of benzene rings is 2. The number of aromatic nitrogens is 1. The van der Waals surface area contributed by atoms with Crippen LogP contribution in [0.5, 0.6) is 0 Å². The van der Waals surface area contributed by atoms with Crippen LogP contribution >= 0.6 is 0 Å². The Kier molecular flexibility index (Phi) is 4.11. The van der Waals surface area contributed by atoms with E-state index in [0.717, 1.165) is 22.2 Å². The summed E-state index contributed by atoms with van der Waals surface area (Å²) in [6.07, 6.45) is 5.37. The minimum absolute atomic E-state index is 0.0133. The molecule has 2 aliphatic rings. The highest BCUT2D eigenvalue weighted by Gasteiger charge is 2.28. The summed E-state index contributed by atoms with van der Waals surface area (Å²) >= 11 is 0. The number of nitrogens with one attached hydrogen (secondary N) is 2. The van der Waals surface area contributed by atoms with Crippen LogP contribution in [0, 0.1) is 0 Å². The lowest BCUT2D eigenvalue weighted by Crippen LogP contribution is -2.19. The summed E-state index contributed by atoms with van der Waals surface area (Å²) in [6.45, 7) is 1.61. The van der Waals surface area contributed by atoms with Gasteiger partial charge in [-0.25, -0.2) is 17.8 Å². The standard InChI is InChI=1S/C22H18N4O3S/c1-2-30(28,29)26-12-11-15-13-16(8-10-19(15)26)21-20(22(27)25-24-21)18-9-7-14-5-3-4-6-17(14)23-18/h3-13,23H,2H2,1H3,(H,25,27). The van der Waals surface area contributed by atoms with Crippen molar-refractivity contribution in [3.8, 4) is 0 Å². The summed E-state index contributed by atoms with van der Waals surface area (Å²) in [7, 11) is -3.39. The predicted octanol–water partition coefficient (Wildman–Crippen LogP) is 3.07. The molecule has 2 aromatic carbocycles.